The average molecular weight is 267 g/mol. The van der Waals surface area contributed by atoms with Gasteiger partial charge in [-0.3, -0.25) is 4.90 Å². The molecular weight excluding hydrogens is 238 g/mol. The monoisotopic (exact) mass is 267 g/mol. The predicted octanol–water partition coefficient (Wildman–Crippen LogP) is 3.04. The fraction of sp³-hybridized carbons (Fsp3) is 0.800. The van der Waals surface area contributed by atoms with Gasteiger partial charge in [0.05, 0.1) is 12.2 Å². The first-order valence-corrected chi connectivity index (χ1v) is 7.38. The van der Waals surface area contributed by atoms with Crippen molar-refractivity contribution in [1.29, 1.82) is 0 Å². The van der Waals surface area contributed by atoms with Gasteiger partial charge in [-0.15, -0.1) is 0 Å². The van der Waals surface area contributed by atoms with Gasteiger partial charge in [0.2, 0.25) is 0 Å². The Balaban J connectivity index is 2.37. The zero-order valence-electron chi connectivity index (χ0n) is 13.1. The van der Waals surface area contributed by atoms with E-state index in [4.69, 9.17) is 4.52 Å². The second-order valence-electron chi connectivity index (χ2n) is 5.86. The molecule has 0 aromatic carbocycles. The summed E-state index contributed by atoms with van der Waals surface area (Å²) in [6.45, 7) is 11.5. The van der Waals surface area contributed by atoms with Crippen LogP contribution in [0.3, 0.4) is 0 Å². The summed E-state index contributed by atoms with van der Waals surface area (Å²) >= 11 is 0. The first-order chi connectivity index (χ1) is 9.02. The van der Waals surface area contributed by atoms with Crippen molar-refractivity contribution in [2.45, 2.75) is 59.7 Å². The minimum atomic E-state index is 0.581. The summed E-state index contributed by atoms with van der Waals surface area (Å²) < 4.78 is 5.39. The molecule has 0 saturated heterocycles. The first-order valence-electron chi connectivity index (χ1n) is 7.38. The molecule has 1 aromatic heterocycles. The quantitative estimate of drug-likeness (QED) is 0.746. The van der Waals surface area contributed by atoms with Crippen LogP contribution >= 0.6 is 0 Å². The van der Waals surface area contributed by atoms with Gasteiger partial charge in [-0.2, -0.15) is 0 Å². The Morgan fingerprint density at radius 1 is 1.37 bits per heavy atom. The average Bonchev–Trinajstić information content (AvgIpc) is 2.76. The Labute approximate surface area is 117 Å². The minimum absolute atomic E-state index is 0.581. The molecule has 1 rings (SSSR count). The van der Waals surface area contributed by atoms with Gasteiger partial charge in [0.15, 0.2) is 5.76 Å². The van der Waals surface area contributed by atoms with Gasteiger partial charge in [0, 0.05) is 18.7 Å². The van der Waals surface area contributed by atoms with Crippen LogP contribution in [0.15, 0.2) is 10.6 Å². The Bertz CT molecular complexity index is 349. The SMILES string of the molecule is CCCC(C)N(C)Cc1cc(CNCC(C)C)no1. The van der Waals surface area contributed by atoms with Gasteiger partial charge in [-0.05, 0) is 32.9 Å². The molecule has 4 nitrogen and oxygen atoms in total. The predicted molar refractivity (Wildman–Crippen MR) is 78.9 cm³/mol. The van der Waals surface area contributed by atoms with Crippen LogP contribution in [-0.4, -0.2) is 29.7 Å². The molecule has 1 aromatic rings. The van der Waals surface area contributed by atoms with E-state index >= 15 is 0 Å². The van der Waals surface area contributed by atoms with E-state index in [-0.39, 0.29) is 0 Å². The minimum Gasteiger partial charge on any atom is -0.360 e. The van der Waals surface area contributed by atoms with Crippen molar-refractivity contribution in [2.75, 3.05) is 13.6 Å². The summed E-state index contributed by atoms with van der Waals surface area (Å²) in [4.78, 5) is 2.31. The van der Waals surface area contributed by atoms with Crippen molar-refractivity contribution < 1.29 is 4.52 Å². The second kappa shape index (κ2) is 8.33. The molecule has 0 radical (unpaired) electrons. The fourth-order valence-electron chi connectivity index (χ4n) is 2.04. The highest BCUT2D eigenvalue weighted by Gasteiger charge is 2.12. The van der Waals surface area contributed by atoms with Gasteiger partial charge in [0.1, 0.15) is 0 Å². The van der Waals surface area contributed by atoms with Crippen molar-refractivity contribution in [2.24, 2.45) is 5.92 Å². The third-order valence-electron chi connectivity index (χ3n) is 3.33. The van der Waals surface area contributed by atoms with Gasteiger partial charge in [-0.1, -0.05) is 32.3 Å². The van der Waals surface area contributed by atoms with E-state index in [1.807, 2.05) is 0 Å². The van der Waals surface area contributed by atoms with Crippen LogP contribution in [0.25, 0.3) is 0 Å². The van der Waals surface area contributed by atoms with E-state index in [9.17, 15) is 0 Å². The third-order valence-corrected chi connectivity index (χ3v) is 3.33. The van der Waals surface area contributed by atoms with Crippen LogP contribution in [0.5, 0.6) is 0 Å². The Morgan fingerprint density at radius 2 is 2.11 bits per heavy atom. The molecule has 1 atom stereocenters. The molecule has 0 saturated carbocycles. The van der Waals surface area contributed by atoms with Crippen molar-refractivity contribution in [3.05, 3.63) is 17.5 Å². The molecule has 1 unspecified atom stereocenters. The van der Waals surface area contributed by atoms with Crippen LogP contribution in [0, 0.1) is 5.92 Å². The van der Waals surface area contributed by atoms with Gasteiger partial charge in [-0.25, -0.2) is 0 Å². The number of hydrogen-bond donors (Lipinski definition) is 1. The lowest BCUT2D eigenvalue weighted by Crippen LogP contribution is -2.28. The van der Waals surface area contributed by atoms with Gasteiger partial charge < -0.3 is 9.84 Å². The first kappa shape index (κ1) is 16.2. The molecule has 1 N–H and O–H groups in total. The highest BCUT2D eigenvalue weighted by molar-refractivity contribution is 5.05. The highest BCUT2D eigenvalue weighted by atomic mass is 16.5. The summed E-state index contributed by atoms with van der Waals surface area (Å²) in [5.41, 5.74) is 0.993. The van der Waals surface area contributed by atoms with E-state index in [2.05, 4.69) is 56.2 Å². The second-order valence-corrected chi connectivity index (χ2v) is 5.86. The summed E-state index contributed by atoms with van der Waals surface area (Å²) in [5.74, 6) is 1.61. The van der Waals surface area contributed by atoms with Crippen molar-refractivity contribution >= 4 is 0 Å². The maximum absolute atomic E-state index is 5.39. The molecule has 0 aliphatic heterocycles. The number of aromatic nitrogens is 1. The van der Waals surface area contributed by atoms with E-state index in [1.165, 1.54) is 12.8 Å². The Morgan fingerprint density at radius 3 is 2.74 bits per heavy atom. The van der Waals surface area contributed by atoms with Crippen LogP contribution < -0.4 is 5.32 Å². The van der Waals surface area contributed by atoms with Crippen molar-refractivity contribution in [3.8, 4) is 0 Å². The fourth-order valence-corrected chi connectivity index (χ4v) is 2.04. The highest BCUT2D eigenvalue weighted by Crippen LogP contribution is 2.11. The molecule has 0 aliphatic carbocycles. The molecule has 19 heavy (non-hydrogen) atoms. The van der Waals surface area contributed by atoms with Crippen LogP contribution in [0.2, 0.25) is 0 Å². The van der Waals surface area contributed by atoms with Gasteiger partial charge in [0.25, 0.3) is 0 Å². The Hall–Kier alpha value is -0.870. The largest absolute Gasteiger partial charge is 0.360 e. The van der Waals surface area contributed by atoms with Crippen molar-refractivity contribution in [3.63, 3.8) is 0 Å². The maximum Gasteiger partial charge on any atom is 0.151 e. The topological polar surface area (TPSA) is 41.3 Å². The summed E-state index contributed by atoms with van der Waals surface area (Å²) in [6.07, 6.45) is 2.43. The molecule has 0 bridgehead atoms. The lowest BCUT2D eigenvalue weighted by atomic mass is 10.1. The summed E-state index contributed by atoms with van der Waals surface area (Å²) in [5, 5.41) is 7.48. The van der Waals surface area contributed by atoms with E-state index in [1.54, 1.807) is 0 Å². The Kier molecular flexibility index (Phi) is 7.10. The maximum atomic E-state index is 5.39. The zero-order valence-corrected chi connectivity index (χ0v) is 13.1. The molecule has 110 valence electrons. The van der Waals surface area contributed by atoms with E-state index < -0.39 is 0 Å². The number of hydrogen-bond acceptors (Lipinski definition) is 4. The zero-order chi connectivity index (χ0) is 14.3. The molecule has 0 amide bonds. The van der Waals surface area contributed by atoms with Crippen LogP contribution in [0.4, 0.5) is 0 Å². The molecule has 0 spiro atoms. The van der Waals surface area contributed by atoms with E-state index in [0.29, 0.717) is 12.0 Å². The van der Waals surface area contributed by atoms with Crippen molar-refractivity contribution in [1.82, 2.24) is 15.4 Å². The smallest absolute Gasteiger partial charge is 0.151 e. The number of nitrogens with zero attached hydrogens (tertiary/aromatic N) is 2. The third kappa shape index (κ3) is 6.21. The van der Waals surface area contributed by atoms with Crippen LogP contribution in [-0.2, 0) is 13.1 Å². The molecule has 1 heterocycles. The summed E-state index contributed by atoms with van der Waals surface area (Å²) in [7, 11) is 2.14. The number of nitrogens with one attached hydrogen (secondary N) is 1. The van der Waals surface area contributed by atoms with E-state index in [0.717, 1.165) is 31.1 Å². The lowest BCUT2D eigenvalue weighted by Gasteiger charge is -2.22. The molecule has 4 heteroatoms. The van der Waals surface area contributed by atoms with Gasteiger partial charge >= 0.3 is 0 Å². The number of rotatable bonds is 9. The molecule has 0 aliphatic rings. The normalized spacial score (nSPS) is 13.4. The lowest BCUT2D eigenvalue weighted by molar-refractivity contribution is 0.209. The molecule has 0 fully saturated rings. The molecular formula is C15H29N3O. The van der Waals surface area contributed by atoms with Crippen LogP contribution in [0.1, 0.15) is 52.0 Å². The summed E-state index contributed by atoms with van der Waals surface area (Å²) in [6, 6.07) is 2.64. The standard InChI is InChI=1S/C15H29N3O/c1-6-7-13(4)18(5)11-15-8-14(17-19-15)10-16-9-12(2)3/h8,12-13,16H,6-7,9-11H2,1-5H3.